The minimum Gasteiger partial charge on any atom is -0.369 e. The lowest BCUT2D eigenvalue weighted by Crippen LogP contribution is -2.51. The Labute approximate surface area is 221 Å². The van der Waals surface area contributed by atoms with Gasteiger partial charge in [-0.25, -0.2) is 9.37 Å². The Balaban J connectivity index is 1.55. The topological polar surface area (TPSA) is 124 Å². The summed E-state index contributed by atoms with van der Waals surface area (Å²) in [6, 6.07) is 19.0. The first kappa shape index (κ1) is 26.8. The second-order valence-corrected chi connectivity index (χ2v) is 9.21. The molecule has 3 aromatic rings. The number of pyridine rings is 1. The number of amides is 2. The third-order valence-electron chi connectivity index (χ3n) is 6.68. The molecule has 9 heteroatoms. The molecule has 1 aliphatic heterocycles. The van der Waals surface area contributed by atoms with Gasteiger partial charge in [0.15, 0.2) is 0 Å². The van der Waals surface area contributed by atoms with Gasteiger partial charge >= 0.3 is 0 Å². The van der Waals surface area contributed by atoms with Gasteiger partial charge in [-0.2, -0.15) is 5.26 Å². The lowest BCUT2D eigenvalue weighted by Gasteiger charge is -2.35. The number of nitrogens with zero attached hydrogens (tertiary/aromatic N) is 3. The van der Waals surface area contributed by atoms with Crippen LogP contribution in [0.3, 0.4) is 0 Å². The van der Waals surface area contributed by atoms with E-state index in [-0.39, 0.29) is 30.2 Å². The van der Waals surface area contributed by atoms with Crippen molar-refractivity contribution in [1.82, 2.24) is 15.2 Å². The average Bonchev–Trinajstić information content (AvgIpc) is 2.95. The van der Waals surface area contributed by atoms with Crippen LogP contribution in [0.1, 0.15) is 40.7 Å². The van der Waals surface area contributed by atoms with E-state index < -0.39 is 0 Å². The van der Waals surface area contributed by atoms with Crippen LogP contribution in [0.15, 0.2) is 60.7 Å². The van der Waals surface area contributed by atoms with Crippen LogP contribution in [0.25, 0.3) is 11.3 Å². The standard InChI is InChI=1S/C29H31FN6O2/c30-22-8-5-6-20(16-22)13-14-33-28-25(11-12-26(35-28)24-10-2-1-7-21(24)17-31)29(38)34-19-23-9-3-4-15-36(23)27(37)18-32/h1-2,5-8,10-12,16,23H,3-4,9,13-15,18-19,32H2,(H,33,35)(H,34,38). The highest BCUT2D eigenvalue weighted by Crippen LogP contribution is 2.25. The van der Waals surface area contributed by atoms with Crippen molar-refractivity contribution in [2.45, 2.75) is 31.7 Å². The zero-order valence-corrected chi connectivity index (χ0v) is 21.1. The molecule has 2 heterocycles. The maximum Gasteiger partial charge on any atom is 0.255 e. The number of carbonyl (C=O) groups excluding carboxylic acids is 2. The summed E-state index contributed by atoms with van der Waals surface area (Å²) in [5.41, 5.74) is 8.43. The van der Waals surface area contributed by atoms with Crippen molar-refractivity contribution < 1.29 is 14.0 Å². The molecule has 1 saturated heterocycles. The number of halogens is 1. The summed E-state index contributed by atoms with van der Waals surface area (Å²) in [4.78, 5) is 32.0. The molecule has 4 N–H and O–H groups in total. The van der Waals surface area contributed by atoms with Crippen molar-refractivity contribution in [3.05, 3.63) is 83.2 Å². The lowest BCUT2D eigenvalue weighted by atomic mass is 10.0. The van der Waals surface area contributed by atoms with Crippen molar-refractivity contribution in [3.8, 4) is 17.3 Å². The molecule has 2 amide bonds. The minimum atomic E-state index is -0.323. The fourth-order valence-electron chi connectivity index (χ4n) is 4.71. The van der Waals surface area contributed by atoms with Crippen molar-refractivity contribution in [1.29, 1.82) is 5.26 Å². The van der Waals surface area contributed by atoms with Gasteiger partial charge in [0.2, 0.25) is 5.91 Å². The number of nitrogens with two attached hydrogens (primary N) is 1. The molecule has 2 aromatic carbocycles. The van der Waals surface area contributed by atoms with E-state index in [1.165, 1.54) is 12.1 Å². The molecule has 1 aromatic heterocycles. The van der Waals surface area contributed by atoms with Crippen LogP contribution in [-0.4, -0.2) is 53.9 Å². The Bertz CT molecular complexity index is 1340. The Hall–Kier alpha value is -4.29. The van der Waals surface area contributed by atoms with Crippen molar-refractivity contribution in [3.63, 3.8) is 0 Å². The van der Waals surface area contributed by atoms with Gasteiger partial charge < -0.3 is 21.3 Å². The van der Waals surface area contributed by atoms with Gasteiger partial charge in [-0.3, -0.25) is 9.59 Å². The van der Waals surface area contributed by atoms with E-state index in [9.17, 15) is 19.2 Å². The molecule has 0 saturated carbocycles. The fraction of sp³-hybridized carbons (Fsp3) is 0.310. The molecule has 8 nitrogen and oxygen atoms in total. The zero-order valence-electron chi connectivity index (χ0n) is 21.1. The summed E-state index contributed by atoms with van der Waals surface area (Å²) in [6.45, 7) is 1.31. The predicted molar refractivity (Wildman–Crippen MR) is 144 cm³/mol. The first-order chi connectivity index (χ1) is 18.5. The van der Waals surface area contributed by atoms with Gasteiger partial charge in [-0.05, 0) is 61.6 Å². The molecule has 0 aliphatic carbocycles. The maximum atomic E-state index is 13.6. The summed E-state index contributed by atoms with van der Waals surface area (Å²) in [5, 5.41) is 15.7. The van der Waals surface area contributed by atoms with Crippen LogP contribution in [0, 0.1) is 17.1 Å². The van der Waals surface area contributed by atoms with Crippen LogP contribution in [0.2, 0.25) is 0 Å². The summed E-state index contributed by atoms with van der Waals surface area (Å²) < 4.78 is 13.6. The number of piperidine rings is 1. The van der Waals surface area contributed by atoms with Crippen LogP contribution in [0.4, 0.5) is 10.2 Å². The third kappa shape index (κ3) is 6.52. The van der Waals surface area contributed by atoms with Crippen LogP contribution < -0.4 is 16.4 Å². The molecule has 38 heavy (non-hydrogen) atoms. The number of anilines is 1. The van der Waals surface area contributed by atoms with Crippen molar-refractivity contribution in [2.75, 3.05) is 31.5 Å². The van der Waals surface area contributed by atoms with E-state index in [0.717, 1.165) is 24.8 Å². The number of rotatable bonds is 9. The first-order valence-electron chi connectivity index (χ1n) is 12.8. The number of likely N-dealkylation sites (tertiary alicyclic amines) is 1. The lowest BCUT2D eigenvalue weighted by molar-refractivity contribution is -0.133. The number of benzene rings is 2. The molecule has 1 aliphatic rings. The number of nitriles is 1. The monoisotopic (exact) mass is 514 g/mol. The first-order valence-corrected chi connectivity index (χ1v) is 12.8. The number of hydrogen-bond donors (Lipinski definition) is 3. The van der Waals surface area contributed by atoms with E-state index in [0.29, 0.717) is 54.3 Å². The highest BCUT2D eigenvalue weighted by Gasteiger charge is 2.26. The van der Waals surface area contributed by atoms with Gasteiger partial charge in [0.1, 0.15) is 11.6 Å². The zero-order chi connectivity index (χ0) is 26.9. The molecule has 0 spiro atoms. The molecule has 196 valence electrons. The Morgan fingerprint density at radius 2 is 1.97 bits per heavy atom. The third-order valence-corrected chi connectivity index (χ3v) is 6.68. The van der Waals surface area contributed by atoms with E-state index in [4.69, 9.17) is 10.7 Å². The second kappa shape index (κ2) is 12.8. The average molecular weight is 515 g/mol. The maximum absolute atomic E-state index is 13.6. The Morgan fingerprint density at radius 1 is 1.13 bits per heavy atom. The van der Waals surface area contributed by atoms with E-state index in [2.05, 4.69) is 16.7 Å². The van der Waals surface area contributed by atoms with Crippen molar-refractivity contribution >= 4 is 17.6 Å². The van der Waals surface area contributed by atoms with Gasteiger partial charge in [0.05, 0.1) is 29.4 Å². The summed E-state index contributed by atoms with van der Waals surface area (Å²) in [5.74, 6) is -0.384. The fourth-order valence-corrected chi connectivity index (χ4v) is 4.71. The molecule has 1 atom stereocenters. The minimum absolute atomic E-state index is 0.0562. The summed E-state index contributed by atoms with van der Waals surface area (Å²) >= 11 is 0. The smallest absolute Gasteiger partial charge is 0.255 e. The molecule has 4 rings (SSSR count). The summed E-state index contributed by atoms with van der Waals surface area (Å²) in [7, 11) is 0. The van der Waals surface area contributed by atoms with Gasteiger partial charge in [-0.1, -0.05) is 30.3 Å². The largest absolute Gasteiger partial charge is 0.369 e. The number of aromatic nitrogens is 1. The Morgan fingerprint density at radius 3 is 2.76 bits per heavy atom. The number of carbonyl (C=O) groups is 2. The van der Waals surface area contributed by atoms with Gasteiger partial charge in [0, 0.05) is 31.2 Å². The molecular weight excluding hydrogens is 483 g/mol. The Kier molecular flexibility index (Phi) is 9.01. The molecule has 1 unspecified atom stereocenters. The van der Waals surface area contributed by atoms with Gasteiger partial charge in [0.25, 0.3) is 5.91 Å². The molecule has 0 bridgehead atoms. The van der Waals surface area contributed by atoms with E-state index in [1.807, 2.05) is 18.2 Å². The highest BCUT2D eigenvalue weighted by molar-refractivity contribution is 5.99. The number of hydrogen-bond acceptors (Lipinski definition) is 6. The normalized spacial score (nSPS) is 15.0. The van der Waals surface area contributed by atoms with Crippen LogP contribution in [0.5, 0.6) is 0 Å². The SMILES string of the molecule is N#Cc1ccccc1-c1ccc(C(=O)NCC2CCCCN2C(=O)CN)c(NCCc2cccc(F)c2)n1. The van der Waals surface area contributed by atoms with E-state index >= 15 is 0 Å². The van der Waals surface area contributed by atoms with E-state index in [1.54, 1.807) is 35.2 Å². The number of nitrogens with one attached hydrogen (secondary N) is 2. The highest BCUT2D eigenvalue weighted by atomic mass is 19.1. The van der Waals surface area contributed by atoms with Crippen molar-refractivity contribution in [2.24, 2.45) is 5.73 Å². The molecule has 0 radical (unpaired) electrons. The second-order valence-electron chi connectivity index (χ2n) is 9.21. The van der Waals surface area contributed by atoms with Crippen LogP contribution >= 0.6 is 0 Å². The quantitative estimate of drug-likeness (QED) is 0.402. The molecule has 1 fully saturated rings. The van der Waals surface area contributed by atoms with Gasteiger partial charge in [-0.15, -0.1) is 0 Å². The van der Waals surface area contributed by atoms with Crippen LogP contribution in [-0.2, 0) is 11.2 Å². The summed E-state index contributed by atoms with van der Waals surface area (Å²) in [6.07, 6.45) is 3.23. The predicted octanol–water partition coefficient (Wildman–Crippen LogP) is 3.48. The molecular formula is C29H31FN6O2.